The van der Waals surface area contributed by atoms with Gasteiger partial charge in [-0.15, -0.1) is 0 Å². The quantitative estimate of drug-likeness (QED) is 0.886. The van der Waals surface area contributed by atoms with Gasteiger partial charge in [-0.25, -0.2) is 4.98 Å². The zero-order chi connectivity index (χ0) is 15.4. The van der Waals surface area contributed by atoms with Crippen LogP contribution in [0.25, 0.3) is 0 Å². The van der Waals surface area contributed by atoms with Crippen molar-refractivity contribution >= 4 is 33.9 Å². The number of amides is 1. The Balaban J connectivity index is 2.19. The van der Waals surface area contributed by atoms with Crippen LogP contribution in [0.15, 0.2) is 18.5 Å². The number of aryl methyl sites for hydroxylation is 1. The van der Waals surface area contributed by atoms with Gasteiger partial charge >= 0.3 is 0 Å². The first kappa shape index (κ1) is 15.2. The molecule has 112 valence electrons. The Morgan fingerprint density at radius 2 is 2.10 bits per heavy atom. The van der Waals surface area contributed by atoms with E-state index >= 15 is 0 Å². The summed E-state index contributed by atoms with van der Waals surface area (Å²) in [4.78, 5) is 23.1. The van der Waals surface area contributed by atoms with Crippen molar-refractivity contribution in [1.82, 2.24) is 9.97 Å². The molecule has 2 aromatic rings. The second-order valence-electron chi connectivity index (χ2n) is 4.59. The lowest BCUT2D eigenvalue weighted by Crippen LogP contribution is -2.21. The molecule has 0 saturated heterocycles. The molecule has 0 aliphatic rings. The number of aromatic nitrogens is 2. The summed E-state index contributed by atoms with van der Waals surface area (Å²) in [7, 11) is 0. The molecule has 21 heavy (non-hydrogen) atoms. The summed E-state index contributed by atoms with van der Waals surface area (Å²) in [5.41, 5.74) is 7.50. The van der Waals surface area contributed by atoms with Crippen LogP contribution in [0, 0.1) is 6.92 Å². The van der Waals surface area contributed by atoms with Crippen molar-refractivity contribution in [1.29, 1.82) is 0 Å². The van der Waals surface area contributed by atoms with E-state index in [1.807, 2.05) is 26.8 Å². The summed E-state index contributed by atoms with van der Waals surface area (Å²) in [5.74, 6) is 0.0100. The van der Waals surface area contributed by atoms with Crippen molar-refractivity contribution in [3.05, 3.63) is 28.9 Å². The summed E-state index contributed by atoms with van der Waals surface area (Å²) in [5, 5.41) is 3.57. The molecule has 0 bridgehead atoms. The number of nitrogens with one attached hydrogen (secondary N) is 1. The van der Waals surface area contributed by atoms with Crippen molar-refractivity contribution in [2.24, 2.45) is 0 Å². The molecular formula is C14H19N5OS. The van der Waals surface area contributed by atoms with Gasteiger partial charge in [0, 0.05) is 19.3 Å². The molecule has 6 nitrogen and oxygen atoms in total. The summed E-state index contributed by atoms with van der Waals surface area (Å²) >= 11 is 1.31. The predicted octanol–water partition coefficient (Wildman–Crippen LogP) is 2.53. The third-order valence-corrected chi connectivity index (χ3v) is 4.15. The third kappa shape index (κ3) is 3.49. The molecule has 0 aliphatic heterocycles. The predicted molar refractivity (Wildman–Crippen MR) is 87.0 cm³/mol. The zero-order valence-corrected chi connectivity index (χ0v) is 13.2. The number of nitrogens with two attached hydrogens (primary N) is 1. The molecule has 0 radical (unpaired) electrons. The van der Waals surface area contributed by atoms with Gasteiger partial charge in [0.2, 0.25) is 0 Å². The van der Waals surface area contributed by atoms with E-state index < -0.39 is 0 Å². The average molecular weight is 305 g/mol. The monoisotopic (exact) mass is 305 g/mol. The van der Waals surface area contributed by atoms with Crippen LogP contribution in [0.3, 0.4) is 0 Å². The first-order valence-corrected chi connectivity index (χ1v) is 7.61. The van der Waals surface area contributed by atoms with Gasteiger partial charge in [-0.1, -0.05) is 11.3 Å². The van der Waals surface area contributed by atoms with E-state index in [2.05, 4.69) is 20.2 Å². The third-order valence-electron chi connectivity index (χ3n) is 3.02. The standard InChI is InChI=1S/C14H19N5OS/c1-4-19(5-2)14-18-12(15)11(21-14)13(20)17-10-6-9(3)7-16-8-10/h6-8H,4-5,15H2,1-3H3,(H,17,20). The number of rotatable bonds is 5. The Hall–Kier alpha value is -2.15. The Bertz CT molecular complexity index is 636. The Kier molecular flexibility index (Phi) is 4.74. The van der Waals surface area contributed by atoms with Crippen molar-refractivity contribution in [2.75, 3.05) is 29.0 Å². The number of carbonyl (C=O) groups excluding carboxylic acids is 1. The molecule has 0 spiro atoms. The normalized spacial score (nSPS) is 10.4. The van der Waals surface area contributed by atoms with Crippen molar-refractivity contribution in [3.8, 4) is 0 Å². The topological polar surface area (TPSA) is 84.1 Å². The zero-order valence-electron chi connectivity index (χ0n) is 12.4. The lowest BCUT2D eigenvalue weighted by atomic mass is 10.3. The molecule has 2 rings (SSSR count). The first-order valence-electron chi connectivity index (χ1n) is 6.79. The molecular weight excluding hydrogens is 286 g/mol. The molecule has 2 heterocycles. The maximum atomic E-state index is 12.3. The lowest BCUT2D eigenvalue weighted by Gasteiger charge is -2.16. The van der Waals surface area contributed by atoms with Gasteiger partial charge in [0.25, 0.3) is 5.91 Å². The molecule has 2 aromatic heterocycles. The molecule has 0 aliphatic carbocycles. The smallest absolute Gasteiger partial charge is 0.269 e. The van der Waals surface area contributed by atoms with Crippen LogP contribution in [-0.2, 0) is 0 Å². The van der Waals surface area contributed by atoms with Crippen LogP contribution in [-0.4, -0.2) is 29.0 Å². The van der Waals surface area contributed by atoms with Gasteiger partial charge < -0.3 is 16.0 Å². The molecule has 0 fully saturated rings. The number of hydrogen-bond donors (Lipinski definition) is 2. The van der Waals surface area contributed by atoms with Gasteiger partial charge in [0.05, 0.1) is 11.9 Å². The highest BCUT2D eigenvalue weighted by molar-refractivity contribution is 7.18. The Morgan fingerprint density at radius 1 is 1.38 bits per heavy atom. The molecule has 7 heteroatoms. The van der Waals surface area contributed by atoms with Gasteiger partial charge in [0.15, 0.2) is 5.13 Å². The lowest BCUT2D eigenvalue weighted by molar-refractivity contribution is 0.103. The summed E-state index contributed by atoms with van der Waals surface area (Å²) < 4.78 is 0. The van der Waals surface area contributed by atoms with Crippen LogP contribution >= 0.6 is 11.3 Å². The minimum absolute atomic E-state index is 0.254. The van der Waals surface area contributed by atoms with E-state index in [1.165, 1.54) is 11.3 Å². The highest BCUT2D eigenvalue weighted by Crippen LogP contribution is 2.28. The maximum absolute atomic E-state index is 12.3. The maximum Gasteiger partial charge on any atom is 0.269 e. The number of nitrogens with zero attached hydrogens (tertiary/aromatic N) is 3. The molecule has 0 saturated carbocycles. The van der Waals surface area contributed by atoms with E-state index in [0.717, 1.165) is 23.8 Å². The number of thiazole rings is 1. The summed E-state index contributed by atoms with van der Waals surface area (Å²) in [6, 6.07) is 1.85. The Morgan fingerprint density at radius 3 is 2.71 bits per heavy atom. The van der Waals surface area contributed by atoms with E-state index in [-0.39, 0.29) is 11.7 Å². The van der Waals surface area contributed by atoms with Crippen LogP contribution in [0.2, 0.25) is 0 Å². The minimum Gasteiger partial charge on any atom is -0.382 e. The van der Waals surface area contributed by atoms with Crippen LogP contribution < -0.4 is 16.0 Å². The second kappa shape index (κ2) is 6.53. The van der Waals surface area contributed by atoms with Gasteiger partial charge in [-0.2, -0.15) is 0 Å². The first-order chi connectivity index (χ1) is 10.0. The van der Waals surface area contributed by atoms with E-state index in [1.54, 1.807) is 12.4 Å². The van der Waals surface area contributed by atoms with Crippen LogP contribution in [0.1, 0.15) is 29.1 Å². The van der Waals surface area contributed by atoms with Crippen molar-refractivity contribution < 1.29 is 4.79 Å². The fourth-order valence-electron chi connectivity index (χ4n) is 1.92. The fraction of sp³-hybridized carbons (Fsp3) is 0.357. The second-order valence-corrected chi connectivity index (χ2v) is 5.57. The number of pyridine rings is 1. The van der Waals surface area contributed by atoms with Crippen molar-refractivity contribution in [2.45, 2.75) is 20.8 Å². The van der Waals surface area contributed by atoms with Gasteiger partial charge in [0.1, 0.15) is 10.7 Å². The number of carbonyl (C=O) groups is 1. The van der Waals surface area contributed by atoms with Gasteiger partial charge in [-0.3, -0.25) is 9.78 Å². The van der Waals surface area contributed by atoms with Crippen molar-refractivity contribution in [3.63, 3.8) is 0 Å². The molecule has 3 N–H and O–H groups in total. The minimum atomic E-state index is -0.254. The summed E-state index contributed by atoms with van der Waals surface area (Å²) in [6.45, 7) is 7.65. The van der Waals surface area contributed by atoms with Crippen LogP contribution in [0.5, 0.6) is 0 Å². The molecule has 0 unspecified atom stereocenters. The molecule has 1 amide bonds. The highest BCUT2D eigenvalue weighted by Gasteiger charge is 2.18. The number of nitrogen functional groups attached to an aromatic ring is 1. The fourth-order valence-corrected chi connectivity index (χ4v) is 2.93. The Labute approximate surface area is 128 Å². The number of hydrogen-bond acceptors (Lipinski definition) is 6. The molecule has 0 aromatic carbocycles. The highest BCUT2D eigenvalue weighted by atomic mass is 32.1. The average Bonchev–Trinajstić information content (AvgIpc) is 2.82. The van der Waals surface area contributed by atoms with E-state index in [4.69, 9.17) is 5.73 Å². The molecule has 0 atom stereocenters. The largest absolute Gasteiger partial charge is 0.382 e. The SMILES string of the molecule is CCN(CC)c1nc(N)c(C(=O)Nc2cncc(C)c2)s1. The van der Waals surface area contributed by atoms with Crippen LogP contribution in [0.4, 0.5) is 16.6 Å². The number of anilines is 3. The van der Waals surface area contributed by atoms with E-state index in [0.29, 0.717) is 10.6 Å². The summed E-state index contributed by atoms with van der Waals surface area (Å²) in [6.07, 6.45) is 3.34. The van der Waals surface area contributed by atoms with E-state index in [9.17, 15) is 4.79 Å². The van der Waals surface area contributed by atoms with Gasteiger partial charge in [-0.05, 0) is 32.4 Å².